The van der Waals surface area contributed by atoms with Crippen LogP contribution < -0.4 is 21.3 Å². The first kappa shape index (κ1) is 18.2. The van der Waals surface area contributed by atoms with E-state index in [1.165, 1.54) is 0 Å². The van der Waals surface area contributed by atoms with Crippen molar-refractivity contribution in [3.05, 3.63) is 0 Å². The van der Waals surface area contributed by atoms with Crippen molar-refractivity contribution in [2.45, 2.75) is 39.5 Å². The van der Waals surface area contributed by atoms with Crippen molar-refractivity contribution in [3.8, 4) is 0 Å². The van der Waals surface area contributed by atoms with Gasteiger partial charge >= 0.3 is 0 Å². The average molecular weight is 290 g/mol. The number of hydrogen-bond donors (Lipinski definition) is 5. The fourth-order valence-electron chi connectivity index (χ4n) is 1.76. The summed E-state index contributed by atoms with van der Waals surface area (Å²) in [7, 11) is 0. The van der Waals surface area contributed by atoms with E-state index in [0.29, 0.717) is 24.9 Å². The highest BCUT2D eigenvalue weighted by Gasteiger charge is 2.12. The number of amides is 2. The summed E-state index contributed by atoms with van der Waals surface area (Å²) in [6, 6.07) is 0. The third kappa shape index (κ3) is 9.75. The van der Waals surface area contributed by atoms with Crippen molar-refractivity contribution in [2.75, 3.05) is 13.1 Å². The number of carbonyl (C=O) groups is 2. The molecule has 0 aromatic rings. The van der Waals surface area contributed by atoms with Gasteiger partial charge in [-0.1, -0.05) is 33.1 Å². The zero-order chi connectivity index (χ0) is 14.7. The Labute approximate surface area is 120 Å². The molecule has 0 bridgehead atoms. The van der Waals surface area contributed by atoms with Crippen molar-refractivity contribution >= 4 is 24.6 Å². The normalized spacial score (nSPS) is 13.7. The lowest BCUT2D eigenvalue weighted by atomic mass is 9.93. The minimum absolute atomic E-state index is 0.104. The van der Waals surface area contributed by atoms with E-state index < -0.39 is 0 Å². The number of carbonyl (C=O) groups excluding carboxylic acids is 2. The van der Waals surface area contributed by atoms with Crippen LogP contribution in [0.3, 0.4) is 0 Å². The van der Waals surface area contributed by atoms with Crippen LogP contribution in [0.4, 0.5) is 0 Å². The Balaban J connectivity index is 3.83. The van der Waals surface area contributed by atoms with E-state index in [0.717, 1.165) is 12.8 Å². The molecule has 0 heterocycles. The van der Waals surface area contributed by atoms with Crippen LogP contribution in [0.15, 0.2) is 0 Å². The van der Waals surface area contributed by atoms with Gasteiger partial charge in [0.2, 0.25) is 11.8 Å². The van der Waals surface area contributed by atoms with Crippen LogP contribution in [0.5, 0.6) is 0 Å². The molecule has 0 aliphatic heterocycles. The largest absolute Gasteiger partial charge is 0.356 e. The summed E-state index contributed by atoms with van der Waals surface area (Å²) in [5.74, 6) is 0.548. The first-order chi connectivity index (χ1) is 9.03. The molecule has 19 heavy (non-hydrogen) atoms. The molecule has 112 valence electrons. The number of thiol groups is 1. The molecule has 0 saturated carbocycles. The number of nitrogens with one attached hydrogen (secondary N) is 3. The molecular formula is C12H26N4O2S. The summed E-state index contributed by atoms with van der Waals surface area (Å²) < 4.78 is 0. The van der Waals surface area contributed by atoms with Crippen molar-refractivity contribution in [2.24, 2.45) is 17.6 Å². The minimum atomic E-state index is -0.256. The lowest BCUT2D eigenvalue weighted by Gasteiger charge is -2.19. The van der Waals surface area contributed by atoms with Crippen LogP contribution in [0, 0.1) is 11.8 Å². The van der Waals surface area contributed by atoms with Gasteiger partial charge in [-0.3, -0.25) is 15.0 Å². The predicted molar refractivity (Wildman–Crippen MR) is 79.1 cm³/mol. The van der Waals surface area contributed by atoms with Gasteiger partial charge in [0, 0.05) is 19.4 Å². The van der Waals surface area contributed by atoms with E-state index in [1.54, 1.807) is 0 Å². The van der Waals surface area contributed by atoms with Crippen LogP contribution >= 0.6 is 12.8 Å². The number of rotatable bonds is 10. The fraction of sp³-hybridized carbons (Fsp3) is 0.833. The Bertz CT molecular complexity index is 276. The monoisotopic (exact) mass is 290 g/mol. The molecule has 2 unspecified atom stereocenters. The molecule has 0 aliphatic carbocycles. The van der Waals surface area contributed by atoms with Crippen molar-refractivity contribution in [1.29, 1.82) is 0 Å². The summed E-state index contributed by atoms with van der Waals surface area (Å²) >= 11 is 3.63. The first-order valence-corrected chi connectivity index (χ1v) is 7.12. The number of hydrogen-bond acceptors (Lipinski definition) is 5. The standard InChI is InChI=1S/C12H26N4O2S/c1-3-10(6-9(2)7-13)8-14-11(17)4-5-12(18)15-16-19/h9-10,16,19H,3-8,13H2,1-2H3,(H,14,17)(H,15,18). The molecule has 2 amide bonds. The Morgan fingerprint density at radius 1 is 1.26 bits per heavy atom. The van der Waals surface area contributed by atoms with Crippen molar-refractivity contribution in [3.63, 3.8) is 0 Å². The number of nitrogens with two attached hydrogens (primary N) is 1. The Morgan fingerprint density at radius 2 is 1.89 bits per heavy atom. The molecule has 0 spiro atoms. The van der Waals surface area contributed by atoms with Crippen molar-refractivity contribution in [1.82, 2.24) is 15.6 Å². The van der Waals surface area contributed by atoms with Gasteiger partial charge in [-0.05, 0) is 24.8 Å². The second-order valence-corrected chi connectivity index (χ2v) is 5.04. The molecular weight excluding hydrogens is 264 g/mol. The second-order valence-electron chi connectivity index (χ2n) is 4.81. The van der Waals surface area contributed by atoms with Crippen LogP contribution in [-0.4, -0.2) is 24.9 Å². The second kappa shape index (κ2) is 11.1. The fourth-order valence-corrected chi connectivity index (χ4v) is 1.88. The smallest absolute Gasteiger partial charge is 0.235 e. The molecule has 2 atom stereocenters. The molecule has 7 heteroatoms. The van der Waals surface area contributed by atoms with E-state index in [-0.39, 0.29) is 24.7 Å². The zero-order valence-corrected chi connectivity index (χ0v) is 12.6. The molecule has 6 nitrogen and oxygen atoms in total. The molecule has 0 aromatic carbocycles. The summed E-state index contributed by atoms with van der Waals surface area (Å²) in [6.45, 7) is 5.53. The van der Waals surface area contributed by atoms with E-state index in [4.69, 9.17) is 5.73 Å². The minimum Gasteiger partial charge on any atom is -0.356 e. The summed E-state index contributed by atoms with van der Waals surface area (Å²) in [5, 5.41) is 2.86. The lowest BCUT2D eigenvalue weighted by Crippen LogP contribution is -2.34. The quantitative estimate of drug-likeness (QED) is 0.296. The van der Waals surface area contributed by atoms with Gasteiger partial charge < -0.3 is 11.1 Å². The van der Waals surface area contributed by atoms with Gasteiger partial charge in [-0.25, -0.2) is 0 Å². The van der Waals surface area contributed by atoms with E-state index in [1.807, 2.05) is 0 Å². The Hall–Kier alpha value is -0.790. The zero-order valence-electron chi connectivity index (χ0n) is 11.7. The maximum atomic E-state index is 11.6. The van der Waals surface area contributed by atoms with Crippen LogP contribution in [0.2, 0.25) is 0 Å². The molecule has 5 N–H and O–H groups in total. The number of hydrazine groups is 1. The maximum absolute atomic E-state index is 11.6. The van der Waals surface area contributed by atoms with E-state index in [2.05, 4.69) is 42.2 Å². The Morgan fingerprint density at radius 3 is 2.42 bits per heavy atom. The molecule has 0 rings (SSSR count). The summed E-state index contributed by atoms with van der Waals surface area (Å²) in [5.41, 5.74) is 7.89. The van der Waals surface area contributed by atoms with E-state index in [9.17, 15) is 9.59 Å². The highest BCUT2D eigenvalue weighted by atomic mass is 32.1. The highest BCUT2D eigenvalue weighted by Crippen LogP contribution is 2.13. The van der Waals surface area contributed by atoms with Crippen molar-refractivity contribution < 1.29 is 9.59 Å². The van der Waals surface area contributed by atoms with Crippen LogP contribution in [0.25, 0.3) is 0 Å². The summed E-state index contributed by atoms with van der Waals surface area (Å²) in [4.78, 5) is 24.9. The summed E-state index contributed by atoms with van der Waals surface area (Å²) in [6.07, 6.45) is 2.35. The molecule has 0 aliphatic rings. The Kier molecular flexibility index (Phi) is 10.6. The van der Waals surface area contributed by atoms with Gasteiger partial charge in [0.05, 0.1) is 0 Å². The third-order valence-electron chi connectivity index (χ3n) is 3.08. The van der Waals surface area contributed by atoms with Gasteiger partial charge in [0.15, 0.2) is 0 Å². The molecule has 0 saturated heterocycles. The predicted octanol–water partition coefficient (Wildman–Crippen LogP) is 0.360. The molecule has 0 radical (unpaired) electrons. The lowest BCUT2D eigenvalue weighted by molar-refractivity contribution is -0.126. The van der Waals surface area contributed by atoms with Crippen LogP contribution in [0.1, 0.15) is 39.5 Å². The molecule has 0 fully saturated rings. The average Bonchev–Trinajstić information content (AvgIpc) is 2.41. The van der Waals surface area contributed by atoms with Gasteiger partial charge in [0.1, 0.15) is 0 Å². The molecule has 0 aromatic heterocycles. The SMILES string of the molecule is CCC(CNC(=O)CCC(=O)NNS)CC(C)CN. The maximum Gasteiger partial charge on any atom is 0.235 e. The van der Waals surface area contributed by atoms with Gasteiger partial charge in [-0.15, -0.1) is 0 Å². The van der Waals surface area contributed by atoms with Gasteiger partial charge in [0.25, 0.3) is 0 Å². The van der Waals surface area contributed by atoms with Gasteiger partial charge in [-0.2, -0.15) is 4.83 Å². The van der Waals surface area contributed by atoms with Crippen LogP contribution in [-0.2, 0) is 9.59 Å². The first-order valence-electron chi connectivity index (χ1n) is 6.68. The van der Waals surface area contributed by atoms with E-state index >= 15 is 0 Å². The highest BCUT2D eigenvalue weighted by molar-refractivity contribution is 7.78. The third-order valence-corrected chi connectivity index (χ3v) is 3.19. The topological polar surface area (TPSA) is 96.2 Å².